The van der Waals surface area contributed by atoms with Gasteiger partial charge in [-0.15, -0.1) is 11.8 Å². The number of halogens is 1. The van der Waals surface area contributed by atoms with Crippen LogP contribution in [-0.2, 0) is 4.79 Å². The van der Waals surface area contributed by atoms with Crippen molar-refractivity contribution in [3.05, 3.63) is 34.9 Å². The number of hydrogen-bond donors (Lipinski definition) is 0. The third kappa shape index (κ3) is 3.75. The van der Waals surface area contributed by atoms with Gasteiger partial charge in [-0.3, -0.25) is 4.79 Å². The molecule has 0 spiro atoms. The summed E-state index contributed by atoms with van der Waals surface area (Å²) in [6.45, 7) is 0.866. The van der Waals surface area contributed by atoms with E-state index < -0.39 is 0 Å². The second-order valence-electron chi connectivity index (χ2n) is 6.05. The van der Waals surface area contributed by atoms with Gasteiger partial charge in [-0.1, -0.05) is 49.4 Å². The minimum atomic E-state index is 0.153. The fraction of sp³-hybridized carbons (Fsp3) is 0.588. The first-order valence-electron chi connectivity index (χ1n) is 7.90. The molecule has 1 aromatic carbocycles. The second-order valence-corrected chi connectivity index (χ2v) is 7.68. The van der Waals surface area contributed by atoms with Gasteiger partial charge in [-0.05, 0) is 30.0 Å². The minimum absolute atomic E-state index is 0.153. The van der Waals surface area contributed by atoms with Gasteiger partial charge in [0.1, 0.15) is 5.37 Å². The van der Waals surface area contributed by atoms with Crippen LogP contribution in [0.3, 0.4) is 0 Å². The van der Waals surface area contributed by atoms with E-state index in [9.17, 15) is 4.79 Å². The average molecular weight is 324 g/mol. The monoisotopic (exact) mass is 323 g/mol. The van der Waals surface area contributed by atoms with E-state index in [2.05, 4.69) is 6.07 Å². The van der Waals surface area contributed by atoms with Crippen LogP contribution in [0.1, 0.15) is 49.5 Å². The number of nitrogens with zero attached hydrogens (tertiary/aromatic N) is 1. The Labute approximate surface area is 136 Å². The number of thioether (sulfide) groups is 1. The average Bonchev–Trinajstić information content (AvgIpc) is 3.16. The van der Waals surface area contributed by atoms with Gasteiger partial charge >= 0.3 is 0 Å². The van der Waals surface area contributed by atoms with E-state index in [1.807, 2.05) is 34.9 Å². The number of benzene rings is 1. The zero-order valence-corrected chi connectivity index (χ0v) is 13.8. The van der Waals surface area contributed by atoms with Gasteiger partial charge in [0, 0.05) is 23.7 Å². The van der Waals surface area contributed by atoms with Crippen LogP contribution < -0.4 is 0 Å². The maximum absolute atomic E-state index is 12.6. The number of carbonyl (C=O) groups excluding carboxylic acids is 1. The van der Waals surface area contributed by atoms with E-state index in [1.54, 1.807) is 0 Å². The SMILES string of the molecule is O=C(CCC1CCCC1)N1CCSC1c1cccc(Cl)c1. The normalized spacial score (nSPS) is 22.9. The molecule has 1 aliphatic heterocycles. The van der Waals surface area contributed by atoms with Crippen LogP contribution in [0.25, 0.3) is 0 Å². The molecule has 21 heavy (non-hydrogen) atoms. The lowest BCUT2D eigenvalue weighted by atomic mass is 10.0. The van der Waals surface area contributed by atoms with Gasteiger partial charge in [-0.25, -0.2) is 0 Å². The molecule has 1 heterocycles. The molecular formula is C17H22ClNOS. The van der Waals surface area contributed by atoms with Crippen LogP contribution in [0.5, 0.6) is 0 Å². The number of amides is 1. The van der Waals surface area contributed by atoms with E-state index in [-0.39, 0.29) is 5.37 Å². The fourth-order valence-corrected chi connectivity index (χ4v) is 4.90. The Hall–Kier alpha value is -0.670. The van der Waals surface area contributed by atoms with Gasteiger partial charge in [0.15, 0.2) is 0 Å². The smallest absolute Gasteiger partial charge is 0.223 e. The molecule has 1 atom stereocenters. The maximum Gasteiger partial charge on any atom is 0.223 e. The largest absolute Gasteiger partial charge is 0.326 e. The zero-order valence-electron chi connectivity index (χ0n) is 12.3. The molecule has 0 radical (unpaired) electrons. The van der Waals surface area contributed by atoms with E-state index in [4.69, 9.17) is 11.6 Å². The molecule has 0 bridgehead atoms. The third-order valence-corrected chi connectivity index (χ3v) is 6.08. The predicted octanol–water partition coefficient (Wildman–Crippen LogP) is 4.88. The van der Waals surface area contributed by atoms with Crippen LogP contribution >= 0.6 is 23.4 Å². The quantitative estimate of drug-likeness (QED) is 0.786. The number of carbonyl (C=O) groups is 1. The van der Waals surface area contributed by atoms with E-state index >= 15 is 0 Å². The molecule has 2 aliphatic rings. The highest BCUT2D eigenvalue weighted by Crippen LogP contribution is 2.39. The number of hydrogen-bond acceptors (Lipinski definition) is 2. The summed E-state index contributed by atoms with van der Waals surface area (Å²) >= 11 is 7.93. The van der Waals surface area contributed by atoms with Gasteiger partial charge < -0.3 is 4.90 Å². The van der Waals surface area contributed by atoms with Crippen molar-refractivity contribution in [2.45, 2.75) is 43.9 Å². The van der Waals surface area contributed by atoms with E-state index in [0.717, 1.165) is 35.2 Å². The fourth-order valence-electron chi connectivity index (χ4n) is 3.43. The van der Waals surface area contributed by atoms with Crippen molar-refractivity contribution < 1.29 is 4.79 Å². The first kappa shape index (κ1) is 15.2. The molecule has 3 rings (SSSR count). The molecule has 1 amide bonds. The summed E-state index contributed by atoms with van der Waals surface area (Å²) in [6.07, 6.45) is 7.12. The minimum Gasteiger partial charge on any atom is -0.326 e. The lowest BCUT2D eigenvalue weighted by Gasteiger charge is -2.25. The summed E-state index contributed by atoms with van der Waals surface area (Å²) in [5.41, 5.74) is 1.15. The summed E-state index contributed by atoms with van der Waals surface area (Å²) in [6, 6.07) is 7.92. The molecule has 4 heteroatoms. The standard InChI is InChI=1S/C17H22ClNOS/c18-15-7-3-6-14(12-15)17-19(10-11-21-17)16(20)9-8-13-4-1-2-5-13/h3,6-7,12-13,17H,1-2,4-5,8-11H2. The molecule has 0 aromatic heterocycles. The van der Waals surface area contributed by atoms with Crippen molar-refractivity contribution in [2.75, 3.05) is 12.3 Å². The summed E-state index contributed by atoms with van der Waals surface area (Å²) in [5.74, 6) is 2.12. The van der Waals surface area contributed by atoms with Crippen LogP contribution in [0.4, 0.5) is 0 Å². The van der Waals surface area contributed by atoms with Crippen LogP contribution in [0.15, 0.2) is 24.3 Å². The van der Waals surface area contributed by atoms with Gasteiger partial charge in [-0.2, -0.15) is 0 Å². The Balaban J connectivity index is 1.61. The third-order valence-electron chi connectivity index (χ3n) is 4.59. The number of rotatable bonds is 4. The van der Waals surface area contributed by atoms with Crippen molar-refractivity contribution in [3.63, 3.8) is 0 Å². The first-order valence-corrected chi connectivity index (χ1v) is 9.33. The summed E-state index contributed by atoms with van der Waals surface area (Å²) in [4.78, 5) is 14.6. The van der Waals surface area contributed by atoms with Crippen LogP contribution in [0.2, 0.25) is 5.02 Å². The van der Waals surface area contributed by atoms with E-state index in [1.165, 1.54) is 25.7 Å². The Bertz CT molecular complexity index is 501. The highest BCUT2D eigenvalue weighted by molar-refractivity contribution is 7.99. The molecule has 2 nitrogen and oxygen atoms in total. The van der Waals surface area contributed by atoms with Crippen molar-refractivity contribution in [3.8, 4) is 0 Å². The van der Waals surface area contributed by atoms with Gasteiger partial charge in [0.2, 0.25) is 5.91 Å². The molecule has 0 N–H and O–H groups in total. The summed E-state index contributed by atoms with van der Waals surface area (Å²) in [5, 5.41) is 0.901. The lowest BCUT2D eigenvalue weighted by Crippen LogP contribution is -2.30. The topological polar surface area (TPSA) is 20.3 Å². The second kappa shape index (κ2) is 7.06. The highest BCUT2D eigenvalue weighted by atomic mass is 35.5. The van der Waals surface area contributed by atoms with Crippen molar-refractivity contribution in [1.29, 1.82) is 0 Å². The molecule has 2 fully saturated rings. The lowest BCUT2D eigenvalue weighted by molar-refractivity contribution is -0.131. The molecule has 114 valence electrons. The highest BCUT2D eigenvalue weighted by Gasteiger charge is 2.30. The van der Waals surface area contributed by atoms with Gasteiger partial charge in [0.05, 0.1) is 0 Å². The Kier molecular flexibility index (Phi) is 5.12. The van der Waals surface area contributed by atoms with E-state index in [0.29, 0.717) is 12.3 Å². The molecule has 1 aromatic rings. The molecule has 1 aliphatic carbocycles. The van der Waals surface area contributed by atoms with Crippen LogP contribution in [-0.4, -0.2) is 23.1 Å². The van der Waals surface area contributed by atoms with Crippen molar-refractivity contribution in [2.24, 2.45) is 5.92 Å². The molecule has 1 saturated carbocycles. The Morgan fingerprint density at radius 3 is 2.90 bits per heavy atom. The predicted molar refractivity (Wildman–Crippen MR) is 89.6 cm³/mol. The Morgan fingerprint density at radius 2 is 2.14 bits per heavy atom. The maximum atomic E-state index is 12.6. The van der Waals surface area contributed by atoms with Gasteiger partial charge in [0.25, 0.3) is 0 Å². The van der Waals surface area contributed by atoms with Crippen LogP contribution in [0, 0.1) is 5.92 Å². The Morgan fingerprint density at radius 1 is 1.33 bits per heavy atom. The molecule has 1 unspecified atom stereocenters. The molecular weight excluding hydrogens is 302 g/mol. The summed E-state index contributed by atoms with van der Waals surface area (Å²) < 4.78 is 0. The van der Waals surface area contributed by atoms with Crippen molar-refractivity contribution in [1.82, 2.24) is 4.90 Å². The zero-order chi connectivity index (χ0) is 14.7. The molecule has 1 saturated heterocycles. The first-order chi connectivity index (χ1) is 10.2. The summed E-state index contributed by atoms with van der Waals surface area (Å²) in [7, 11) is 0. The van der Waals surface area contributed by atoms with Crippen molar-refractivity contribution >= 4 is 29.3 Å².